The van der Waals surface area contributed by atoms with E-state index >= 15 is 0 Å². The smallest absolute Gasteiger partial charge is 0.232 e. The number of rotatable bonds is 4. The summed E-state index contributed by atoms with van der Waals surface area (Å²) in [6, 6.07) is 12.7. The van der Waals surface area contributed by atoms with Crippen molar-refractivity contribution in [1.82, 2.24) is 15.0 Å². The highest BCUT2D eigenvalue weighted by Gasteiger charge is 2.51. The van der Waals surface area contributed by atoms with E-state index in [1.807, 2.05) is 11.4 Å². The number of benzene rings is 1. The summed E-state index contributed by atoms with van der Waals surface area (Å²) in [5.74, 6) is 1.68. The van der Waals surface area contributed by atoms with Crippen LogP contribution in [0, 0.1) is 5.41 Å². The Hall–Kier alpha value is -2.02. The minimum absolute atomic E-state index is 0.0905. The average Bonchev–Trinajstić information content (AvgIpc) is 3.44. The van der Waals surface area contributed by atoms with Gasteiger partial charge in [0.1, 0.15) is 0 Å². The molecule has 2 fully saturated rings. The Morgan fingerprint density at radius 2 is 2.15 bits per heavy atom. The van der Waals surface area contributed by atoms with Crippen LogP contribution in [-0.2, 0) is 11.3 Å². The van der Waals surface area contributed by atoms with Gasteiger partial charge in [0.25, 0.3) is 0 Å². The van der Waals surface area contributed by atoms with Gasteiger partial charge in [-0.1, -0.05) is 35.5 Å². The first kappa shape index (κ1) is 16.2. The normalized spacial score (nSPS) is 26.1. The summed E-state index contributed by atoms with van der Waals surface area (Å²) >= 11 is 1.65. The first-order chi connectivity index (χ1) is 12.8. The highest BCUT2D eigenvalue weighted by molar-refractivity contribution is 7.08. The van der Waals surface area contributed by atoms with Gasteiger partial charge in [-0.05, 0) is 23.4 Å². The van der Waals surface area contributed by atoms with E-state index in [9.17, 15) is 0 Å². The van der Waals surface area contributed by atoms with Gasteiger partial charge in [-0.15, -0.1) is 0 Å². The maximum atomic E-state index is 5.80. The van der Waals surface area contributed by atoms with Crippen LogP contribution in [0.5, 0.6) is 0 Å². The molecule has 0 saturated carbocycles. The van der Waals surface area contributed by atoms with Crippen molar-refractivity contribution in [2.45, 2.75) is 18.9 Å². The third kappa shape index (κ3) is 2.88. The minimum Gasteiger partial charge on any atom is -0.381 e. The molecule has 2 saturated heterocycles. The third-order valence-electron chi connectivity index (χ3n) is 5.62. The van der Waals surface area contributed by atoms with Crippen LogP contribution in [0.2, 0.25) is 0 Å². The van der Waals surface area contributed by atoms with Crippen molar-refractivity contribution < 1.29 is 9.26 Å². The van der Waals surface area contributed by atoms with E-state index in [-0.39, 0.29) is 11.3 Å². The van der Waals surface area contributed by atoms with Gasteiger partial charge in [0.15, 0.2) is 0 Å². The molecule has 6 heteroatoms. The fourth-order valence-electron chi connectivity index (χ4n) is 4.28. The highest BCUT2D eigenvalue weighted by atomic mass is 32.1. The Morgan fingerprint density at radius 1 is 1.23 bits per heavy atom. The Balaban J connectivity index is 1.41. The van der Waals surface area contributed by atoms with Crippen LogP contribution in [0.15, 0.2) is 51.7 Å². The number of hydrogen-bond acceptors (Lipinski definition) is 6. The summed E-state index contributed by atoms with van der Waals surface area (Å²) in [7, 11) is 0. The second-order valence-electron chi connectivity index (χ2n) is 7.34. The van der Waals surface area contributed by atoms with Crippen molar-refractivity contribution in [3.63, 3.8) is 0 Å². The molecule has 4 heterocycles. The molecule has 0 radical (unpaired) electrons. The van der Waals surface area contributed by atoms with Crippen LogP contribution in [-0.4, -0.2) is 41.3 Å². The molecule has 0 bridgehead atoms. The van der Waals surface area contributed by atoms with Crippen molar-refractivity contribution in [3.8, 4) is 11.4 Å². The number of nitrogens with zero attached hydrogens (tertiary/aromatic N) is 3. The molecule has 0 aliphatic carbocycles. The maximum absolute atomic E-state index is 5.80. The molecule has 5 rings (SSSR count). The van der Waals surface area contributed by atoms with Gasteiger partial charge in [0.05, 0.1) is 12.5 Å². The standard InChI is InChI=1S/C20H21N3O2S/c1-2-4-15(5-3-1)10-23-11-17(20(13-23)7-8-24-14-20)19-21-18(22-25-19)16-6-9-26-12-16/h1-6,9,12,17H,7-8,10-11,13-14H2. The summed E-state index contributed by atoms with van der Waals surface area (Å²) in [6.07, 6.45) is 1.05. The van der Waals surface area contributed by atoms with Crippen LogP contribution in [0.25, 0.3) is 11.4 Å². The SMILES string of the molecule is c1ccc(CN2CC(c3nc(-c4ccsc4)no3)C3(CCOC3)C2)cc1. The second-order valence-corrected chi connectivity index (χ2v) is 8.12. The van der Waals surface area contributed by atoms with E-state index in [1.165, 1.54) is 5.56 Å². The first-order valence-electron chi connectivity index (χ1n) is 9.03. The van der Waals surface area contributed by atoms with E-state index in [2.05, 4.69) is 45.8 Å². The lowest BCUT2D eigenvalue weighted by Gasteiger charge is -2.25. The van der Waals surface area contributed by atoms with Gasteiger partial charge < -0.3 is 9.26 Å². The topological polar surface area (TPSA) is 51.4 Å². The largest absolute Gasteiger partial charge is 0.381 e. The Labute approximate surface area is 156 Å². The molecule has 2 unspecified atom stereocenters. The molecular formula is C20H21N3O2S. The van der Waals surface area contributed by atoms with Gasteiger partial charge in [-0.2, -0.15) is 16.3 Å². The Kier molecular flexibility index (Phi) is 4.11. The third-order valence-corrected chi connectivity index (χ3v) is 6.30. The fraction of sp³-hybridized carbons (Fsp3) is 0.400. The van der Waals surface area contributed by atoms with Crippen LogP contribution in [0.3, 0.4) is 0 Å². The molecule has 1 spiro atoms. The molecule has 5 nitrogen and oxygen atoms in total. The molecule has 0 N–H and O–H groups in total. The molecule has 2 atom stereocenters. The Bertz CT molecular complexity index is 856. The molecule has 2 aliphatic heterocycles. The summed E-state index contributed by atoms with van der Waals surface area (Å²) in [5, 5.41) is 8.32. The zero-order valence-electron chi connectivity index (χ0n) is 14.5. The molecule has 0 amide bonds. The van der Waals surface area contributed by atoms with Crippen LogP contribution in [0.4, 0.5) is 0 Å². The van der Waals surface area contributed by atoms with Crippen LogP contribution >= 0.6 is 11.3 Å². The monoisotopic (exact) mass is 367 g/mol. The van der Waals surface area contributed by atoms with Gasteiger partial charge >= 0.3 is 0 Å². The zero-order valence-corrected chi connectivity index (χ0v) is 15.3. The number of aromatic nitrogens is 2. The Morgan fingerprint density at radius 3 is 2.92 bits per heavy atom. The first-order valence-corrected chi connectivity index (χ1v) is 9.97. The molecular weight excluding hydrogens is 346 g/mol. The van der Waals surface area contributed by atoms with Crippen molar-refractivity contribution in [1.29, 1.82) is 0 Å². The summed E-state index contributed by atoms with van der Waals surface area (Å²) in [4.78, 5) is 7.24. The zero-order chi connectivity index (χ0) is 17.4. The van der Waals surface area contributed by atoms with Crippen molar-refractivity contribution in [2.75, 3.05) is 26.3 Å². The number of ether oxygens (including phenoxy) is 1. The second kappa shape index (κ2) is 6.61. The molecule has 134 valence electrons. The maximum Gasteiger partial charge on any atom is 0.232 e. The number of thiophene rings is 1. The summed E-state index contributed by atoms with van der Waals surface area (Å²) in [6.45, 7) is 4.50. The fourth-order valence-corrected chi connectivity index (χ4v) is 4.92. The number of likely N-dealkylation sites (tertiary alicyclic amines) is 1. The van der Waals surface area contributed by atoms with Gasteiger partial charge in [-0.25, -0.2) is 0 Å². The minimum atomic E-state index is 0.0905. The molecule has 2 aromatic heterocycles. The van der Waals surface area contributed by atoms with E-state index in [0.717, 1.165) is 50.7 Å². The lowest BCUT2D eigenvalue weighted by atomic mass is 9.77. The molecule has 3 aromatic rings. The lowest BCUT2D eigenvalue weighted by Crippen LogP contribution is -2.30. The van der Waals surface area contributed by atoms with E-state index in [4.69, 9.17) is 14.2 Å². The van der Waals surface area contributed by atoms with Gasteiger partial charge in [0.2, 0.25) is 11.7 Å². The predicted octanol–water partition coefficient (Wildman–Crippen LogP) is 3.80. The van der Waals surface area contributed by atoms with Crippen LogP contribution < -0.4 is 0 Å². The molecule has 1 aromatic carbocycles. The molecule has 2 aliphatic rings. The van der Waals surface area contributed by atoms with E-state index < -0.39 is 0 Å². The number of hydrogen-bond donors (Lipinski definition) is 0. The van der Waals surface area contributed by atoms with E-state index in [0.29, 0.717) is 5.82 Å². The quantitative estimate of drug-likeness (QED) is 0.702. The summed E-state index contributed by atoms with van der Waals surface area (Å²) in [5.41, 5.74) is 2.46. The summed E-state index contributed by atoms with van der Waals surface area (Å²) < 4.78 is 11.5. The van der Waals surface area contributed by atoms with Gasteiger partial charge in [-0.3, -0.25) is 4.90 Å². The van der Waals surface area contributed by atoms with Crippen molar-refractivity contribution >= 4 is 11.3 Å². The van der Waals surface area contributed by atoms with Crippen molar-refractivity contribution in [2.24, 2.45) is 5.41 Å². The predicted molar refractivity (Wildman–Crippen MR) is 99.9 cm³/mol. The highest BCUT2D eigenvalue weighted by Crippen LogP contribution is 2.48. The molecule has 26 heavy (non-hydrogen) atoms. The average molecular weight is 367 g/mol. The van der Waals surface area contributed by atoms with Crippen LogP contribution in [0.1, 0.15) is 23.8 Å². The lowest BCUT2D eigenvalue weighted by molar-refractivity contribution is 0.138. The van der Waals surface area contributed by atoms with E-state index in [1.54, 1.807) is 11.3 Å². The van der Waals surface area contributed by atoms with Crippen molar-refractivity contribution in [3.05, 3.63) is 58.6 Å². The van der Waals surface area contributed by atoms with Gasteiger partial charge in [0, 0.05) is 42.6 Å².